The maximum absolute atomic E-state index is 13.7. The number of alkyl halides is 3. The molecule has 0 bridgehead atoms. The van der Waals surface area contributed by atoms with Gasteiger partial charge in [-0.3, -0.25) is 19.4 Å². The summed E-state index contributed by atoms with van der Waals surface area (Å²) in [5.74, 6) is 3.81. The normalized spacial score (nSPS) is 15.3. The molecule has 1 aliphatic rings. The molecule has 8 nitrogen and oxygen atoms in total. The number of pyridine rings is 1. The Bertz CT molecular complexity index is 1380. The van der Waals surface area contributed by atoms with Crippen LogP contribution in [-0.4, -0.2) is 39.6 Å². The number of nitrogen functional groups attached to an aromatic ring is 1. The van der Waals surface area contributed by atoms with Crippen LogP contribution in [0.2, 0.25) is 0 Å². The predicted octanol–water partition coefficient (Wildman–Crippen LogP) is 3.50. The van der Waals surface area contributed by atoms with Crippen LogP contribution in [0.25, 0.3) is 0 Å². The van der Waals surface area contributed by atoms with Gasteiger partial charge in [0.05, 0.1) is 12.1 Å². The van der Waals surface area contributed by atoms with Gasteiger partial charge in [-0.25, -0.2) is 9.37 Å². The van der Waals surface area contributed by atoms with Crippen molar-refractivity contribution in [2.24, 2.45) is 0 Å². The molecule has 0 unspecified atom stereocenters. The average molecular weight is 512 g/mol. The summed E-state index contributed by atoms with van der Waals surface area (Å²) in [5, 5.41) is 7.52. The smallest absolute Gasteiger partial charge is 0.382 e. The highest BCUT2D eigenvalue weighted by atomic mass is 19.4. The van der Waals surface area contributed by atoms with E-state index in [0.717, 1.165) is 29.2 Å². The van der Waals surface area contributed by atoms with Gasteiger partial charge in [-0.05, 0) is 67.8 Å². The fourth-order valence-corrected chi connectivity index (χ4v) is 3.86. The molecule has 4 rings (SSSR count). The lowest BCUT2D eigenvalue weighted by Crippen LogP contribution is -2.47. The van der Waals surface area contributed by atoms with E-state index in [0.29, 0.717) is 5.69 Å². The molecule has 0 saturated carbocycles. The van der Waals surface area contributed by atoms with Crippen LogP contribution in [0.5, 0.6) is 0 Å². The standard InChI is InChI=1S/C25H20F4N6O2/c1-15-13-16(25(27,28)29)14-22(31-15)35-20(9-11-23(35)36)24(37)34(19-7-4-17(26)5-8-19)12-2-3-18-6-10-21(30)33-32-18/h4-8,10,13-14,20H,9,11-12H2,1H3,(H2,30,33)/t20-/m0/s1. The zero-order chi connectivity index (χ0) is 26.7. The largest absolute Gasteiger partial charge is 0.416 e. The highest BCUT2D eigenvalue weighted by Gasteiger charge is 2.41. The van der Waals surface area contributed by atoms with Crippen molar-refractivity contribution in [3.63, 3.8) is 0 Å². The van der Waals surface area contributed by atoms with Crippen LogP contribution in [0, 0.1) is 24.6 Å². The molecular weight excluding hydrogens is 492 g/mol. The van der Waals surface area contributed by atoms with Gasteiger partial charge in [0, 0.05) is 17.8 Å². The van der Waals surface area contributed by atoms with Crippen LogP contribution in [0.4, 0.5) is 34.9 Å². The third-order valence-electron chi connectivity index (χ3n) is 5.55. The molecule has 0 radical (unpaired) electrons. The first-order valence-corrected chi connectivity index (χ1v) is 11.1. The van der Waals surface area contributed by atoms with E-state index in [2.05, 4.69) is 27.0 Å². The summed E-state index contributed by atoms with van der Waals surface area (Å²) in [7, 11) is 0. The Hall–Kier alpha value is -4.53. The molecule has 2 N–H and O–H groups in total. The molecule has 2 amide bonds. The zero-order valence-corrected chi connectivity index (χ0v) is 19.5. The third kappa shape index (κ3) is 5.83. The predicted molar refractivity (Wildman–Crippen MR) is 127 cm³/mol. The Morgan fingerprint density at radius 3 is 2.54 bits per heavy atom. The summed E-state index contributed by atoms with van der Waals surface area (Å²) in [5.41, 5.74) is 5.16. The van der Waals surface area contributed by atoms with Crippen LogP contribution in [0.1, 0.15) is 29.8 Å². The second-order valence-electron chi connectivity index (χ2n) is 8.22. The summed E-state index contributed by atoms with van der Waals surface area (Å²) in [4.78, 5) is 32.7. The summed E-state index contributed by atoms with van der Waals surface area (Å²) in [6.45, 7) is 1.20. The second kappa shape index (κ2) is 10.2. The van der Waals surface area contributed by atoms with E-state index >= 15 is 0 Å². The monoisotopic (exact) mass is 512 g/mol. The van der Waals surface area contributed by atoms with Crippen molar-refractivity contribution in [3.8, 4) is 11.8 Å². The van der Waals surface area contributed by atoms with Crippen molar-refractivity contribution in [3.05, 3.63) is 71.3 Å². The van der Waals surface area contributed by atoms with Gasteiger partial charge in [0.15, 0.2) is 0 Å². The lowest BCUT2D eigenvalue weighted by molar-refractivity contribution is -0.137. The van der Waals surface area contributed by atoms with Crippen LogP contribution in [0.3, 0.4) is 0 Å². The Balaban J connectivity index is 1.68. The van der Waals surface area contributed by atoms with Crippen LogP contribution >= 0.6 is 0 Å². The molecule has 1 fully saturated rings. The zero-order valence-electron chi connectivity index (χ0n) is 19.5. The van der Waals surface area contributed by atoms with Gasteiger partial charge in [-0.1, -0.05) is 5.92 Å². The van der Waals surface area contributed by atoms with Gasteiger partial charge in [0.1, 0.15) is 29.2 Å². The van der Waals surface area contributed by atoms with Gasteiger partial charge < -0.3 is 5.73 Å². The molecule has 37 heavy (non-hydrogen) atoms. The number of anilines is 3. The average Bonchev–Trinajstić information content (AvgIpc) is 3.24. The number of carbonyl (C=O) groups excluding carboxylic acids is 2. The number of benzene rings is 1. The molecule has 12 heteroatoms. The number of nitrogens with zero attached hydrogens (tertiary/aromatic N) is 5. The number of halogens is 4. The number of hydrogen-bond donors (Lipinski definition) is 1. The van der Waals surface area contributed by atoms with Gasteiger partial charge >= 0.3 is 6.18 Å². The van der Waals surface area contributed by atoms with Crippen LogP contribution in [-0.2, 0) is 15.8 Å². The SMILES string of the molecule is Cc1cc(C(F)(F)F)cc(N2C(=O)CC[C@H]2C(=O)N(CC#Cc2ccc(N)nn2)c2ccc(F)cc2)n1. The van der Waals surface area contributed by atoms with Gasteiger partial charge in [0.2, 0.25) is 5.91 Å². The minimum atomic E-state index is -4.66. The Morgan fingerprint density at radius 1 is 1.16 bits per heavy atom. The topological polar surface area (TPSA) is 105 Å². The molecule has 1 atom stereocenters. The molecule has 2 aromatic heterocycles. The van der Waals surface area contributed by atoms with E-state index in [-0.39, 0.29) is 42.4 Å². The Morgan fingerprint density at radius 2 is 1.89 bits per heavy atom. The van der Waals surface area contributed by atoms with E-state index in [1.807, 2.05) is 0 Å². The minimum absolute atomic E-state index is 0.0431. The molecule has 3 heterocycles. The number of carbonyl (C=O) groups is 2. The Kier molecular flexibility index (Phi) is 7.06. The molecule has 1 aliphatic heterocycles. The highest BCUT2D eigenvalue weighted by molar-refractivity contribution is 6.08. The first-order valence-electron chi connectivity index (χ1n) is 11.1. The molecule has 0 spiro atoms. The minimum Gasteiger partial charge on any atom is -0.382 e. The summed E-state index contributed by atoms with van der Waals surface area (Å²) < 4.78 is 53.8. The van der Waals surface area contributed by atoms with E-state index in [1.54, 1.807) is 6.07 Å². The quantitative estimate of drug-likeness (QED) is 0.424. The van der Waals surface area contributed by atoms with Gasteiger partial charge in [-0.15, -0.1) is 10.2 Å². The summed E-state index contributed by atoms with van der Waals surface area (Å²) in [6.07, 6.45) is -4.66. The first-order chi connectivity index (χ1) is 17.5. The third-order valence-corrected chi connectivity index (χ3v) is 5.55. The van der Waals surface area contributed by atoms with E-state index in [9.17, 15) is 27.2 Å². The number of rotatable bonds is 4. The van der Waals surface area contributed by atoms with Crippen molar-refractivity contribution in [1.29, 1.82) is 0 Å². The number of aryl methyl sites for hydroxylation is 1. The second-order valence-corrected chi connectivity index (χ2v) is 8.22. The van der Waals surface area contributed by atoms with Crippen molar-refractivity contribution in [1.82, 2.24) is 15.2 Å². The number of amides is 2. The van der Waals surface area contributed by atoms with Crippen molar-refractivity contribution >= 4 is 29.1 Å². The molecule has 1 aromatic carbocycles. The lowest BCUT2D eigenvalue weighted by atomic mass is 10.1. The number of hydrogen-bond acceptors (Lipinski definition) is 6. The summed E-state index contributed by atoms with van der Waals surface area (Å²) >= 11 is 0. The van der Waals surface area contributed by atoms with Crippen LogP contribution in [0.15, 0.2) is 48.5 Å². The molecule has 190 valence electrons. The summed E-state index contributed by atoms with van der Waals surface area (Å²) in [6, 6.07) is 8.57. The fourth-order valence-electron chi connectivity index (χ4n) is 3.86. The van der Waals surface area contributed by atoms with E-state index < -0.39 is 35.4 Å². The van der Waals surface area contributed by atoms with Gasteiger partial charge in [-0.2, -0.15) is 13.2 Å². The highest BCUT2D eigenvalue weighted by Crippen LogP contribution is 2.34. The van der Waals surface area contributed by atoms with Gasteiger partial charge in [0.25, 0.3) is 5.91 Å². The fraction of sp³-hybridized carbons (Fsp3) is 0.240. The van der Waals surface area contributed by atoms with Crippen molar-refractivity contribution in [2.45, 2.75) is 32.0 Å². The van der Waals surface area contributed by atoms with E-state index in [4.69, 9.17) is 5.73 Å². The maximum atomic E-state index is 13.7. The first kappa shape index (κ1) is 25.6. The molecule has 0 aliphatic carbocycles. The molecule has 3 aromatic rings. The lowest BCUT2D eigenvalue weighted by Gasteiger charge is -2.29. The van der Waals surface area contributed by atoms with E-state index in [1.165, 1.54) is 30.0 Å². The van der Waals surface area contributed by atoms with Crippen LogP contribution < -0.4 is 15.5 Å². The molecular formula is C25H20F4N6O2. The Labute approximate surface area is 209 Å². The number of aromatic nitrogens is 3. The molecule has 1 saturated heterocycles. The maximum Gasteiger partial charge on any atom is 0.416 e. The van der Waals surface area contributed by atoms with Crippen molar-refractivity contribution < 1.29 is 27.2 Å². The number of nitrogens with two attached hydrogens (primary N) is 1. The van der Waals surface area contributed by atoms with Crippen molar-refractivity contribution in [2.75, 3.05) is 22.1 Å².